The Morgan fingerprint density at radius 1 is 0.812 bits per heavy atom. The molecule has 0 radical (unpaired) electrons. The molecular weight excluding hydrogens is 232 g/mol. The Hall–Kier alpha value is -0.0800. The fourth-order valence-corrected chi connectivity index (χ4v) is 2.94. The lowest BCUT2D eigenvalue weighted by Gasteiger charge is -2.11. The van der Waals surface area contributed by atoms with E-state index >= 15 is 0 Å². The molecule has 0 aliphatic carbocycles. The number of hydrogen-bond acceptors (Lipinski definition) is 2. The zero-order valence-electron chi connectivity index (χ0n) is 10.7. The van der Waals surface area contributed by atoms with Crippen molar-refractivity contribution in [2.75, 3.05) is 0 Å². The highest BCUT2D eigenvalue weighted by molar-refractivity contribution is 7.99. The lowest BCUT2D eigenvalue weighted by Crippen LogP contribution is -1.95. The maximum absolute atomic E-state index is 2.27. The van der Waals surface area contributed by atoms with Gasteiger partial charge in [0.15, 0.2) is 0 Å². The summed E-state index contributed by atoms with van der Waals surface area (Å²) in [4.78, 5) is 0. The highest BCUT2D eigenvalue weighted by Crippen LogP contribution is 2.24. The van der Waals surface area contributed by atoms with Crippen LogP contribution in [0.1, 0.15) is 38.8 Å². The van der Waals surface area contributed by atoms with Crippen molar-refractivity contribution in [1.82, 2.24) is 0 Å². The highest BCUT2D eigenvalue weighted by Gasteiger charge is 2.04. The number of hydrogen-bond donors (Lipinski definition) is 0. The van der Waals surface area contributed by atoms with Gasteiger partial charge in [-0.05, 0) is 21.6 Å². The fourth-order valence-electron chi connectivity index (χ4n) is 1.35. The number of rotatable bonds is 6. The zero-order valence-corrected chi connectivity index (χ0v) is 12.3. The summed E-state index contributed by atoms with van der Waals surface area (Å²) < 4.78 is 0. The molecule has 1 aromatic carbocycles. The van der Waals surface area contributed by atoms with Crippen LogP contribution in [0.3, 0.4) is 0 Å². The van der Waals surface area contributed by atoms with Crippen LogP contribution in [0.5, 0.6) is 0 Å². The Labute approximate surface area is 109 Å². The summed E-state index contributed by atoms with van der Waals surface area (Å²) >= 11 is 4.05. The molecule has 16 heavy (non-hydrogen) atoms. The minimum Gasteiger partial charge on any atom is -0.154 e. The second-order valence-corrected chi connectivity index (χ2v) is 7.62. The molecule has 0 nitrogen and oxygen atoms in total. The van der Waals surface area contributed by atoms with Crippen LogP contribution in [0.2, 0.25) is 0 Å². The molecular formula is C14H22S2. The van der Waals surface area contributed by atoms with E-state index in [1.807, 2.05) is 23.5 Å². The average molecular weight is 254 g/mol. The Kier molecular flexibility index (Phi) is 6.37. The van der Waals surface area contributed by atoms with E-state index in [-0.39, 0.29) is 0 Å². The summed E-state index contributed by atoms with van der Waals surface area (Å²) in [6.45, 7) is 9.04. The molecule has 0 amide bonds. The van der Waals surface area contributed by atoms with Gasteiger partial charge >= 0.3 is 0 Å². The first-order valence-electron chi connectivity index (χ1n) is 5.89. The molecule has 0 unspecified atom stereocenters. The van der Waals surface area contributed by atoms with Gasteiger partial charge in [0.1, 0.15) is 0 Å². The quantitative estimate of drug-likeness (QED) is 0.703. The van der Waals surface area contributed by atoms with Crippen LogP contribution in [0, 0.1) is 0 Å². The van der Waals surface area contributed by atoms with Gasteiger partial charge < -0.3 is 0 Å². The zero-order chi connectivity index (χ0) is 12.0. The van der Waals surface area contributed by atoms with Crippen molar-refractivity contribution in [2.45, 2.75) is 49.7 Å². The van der Waals surface area contributed by atoms with Crippen LogP contribution in [-0.2, 0) is 11.5 Å². The lowest BCUT2D eigenvalue weighted by molar-refractivity contribution is 1.10. The summed E-state index contributed by atoms with van der Waals surface area (Å²) in [6.07, 6.45) is 0. The molecule has 1 rings (SSSR count). The van der Waals surface area contributed by atoms with E-state index in [4.69, 9.17) is 0 Å². The van der Waals surface area contributed by atoms with Crippen molar-refractivity contribution < 1.29 is 0 Å². The molecule has 1 aromatic rings. The largest absolute Gasteiger partial charge is 0.154 e. The lowest BCUT2D eigenvalue weighted by atomic mass is 10.1. The summed E-state index contributed by atoms with van der Waals surface area (Å²) in [6, 6.07) is 8.84. The predicted octanol–water partition coefficient (Wildman–Crippen LogP) is 4.97. The van der Waals surface area contributed by atoms with Crippen molar-refractivity contribution in [2.24, 2.45) is 0 Å². The average Bonchev–Trinajstić information content (AvgIpc) is 2.24. The van der Waals surface area contributed by atoms with Gasteiger partial charge in [0.25, 0.3) is 0 Å². The summed E-state index contributed by atoms with van der Waals surface area (Å²) in [5.74, 6) is 2.29. The van der Waals surface area contributed by atoms with E-state index < -0.39 is 0 Å². The van der Waals surface area contributed by atoms with Gasteiger partial charge in [-0.15, -0.1) is 0 Å². The molecule has 0 bridgehead atoms. The van der Waals surface area contributed by atoms with Gasteiger partial charge in [-0.1, -0.05) is 52.0 Å². The van der Waals surface area contributed by atoms with Crippen molar-refractivity contribution >= 4 is 23.5 Å². The predicted molar refractivity (Wildman–Crippen MR) is 79.3 cm³/mol. The van der Waals surface area contributed by atoms with Crippen molar-refractivity contribution in [3.8, 4) is 0 Å². The Bertz CT molecular complexity index is 274. The van der Waals surface area contributed by atoms with Gasteiger partial charge in [0.05, 0.1) is 0 Å². The second kappa shape index (κ2) is 7.29. The molecule has 0 aliphatic heterocycles. The van der Waals surface area contributed by atoms with E-state index in [0.29, 0.717) is 10.5 Å². The monoisotopic (exact) mass is 254 g/mol. The van der Waals surface area contributed by atoms with Crippen LogP contribution in [-0.4, -0.2) is 10.5 Å². The smallest absolute Gasteiger partial charge is 0.0190 e. The number of thioether (sulfide) groups is 2. The van der Waals surface area contributed by atoms with Gasteiger partial charge in [0, 0.05) is 11.5 Å². The Balaban J connectivity index is 2.60. The molecule has 0 saturated carbocycles. The third-order valence-electron chi connectivity index (χ3n) is 2.26. The molecule has 0 aliphatic rings. The van der Waals surface area contributed by atoms with Gasteiger partial charge in [-0.2, -0.15) is 23.5 Å². The molecule has 2 heteroatoms. The summed E-state index contributed by atoms with van der Waals surface area (Å²) in [5.41, 5.74) is 3.02. The van der Waals surface area contributed by atoms with E-state index in [1.165, 1.54) is 11.1 Å². The molecule has 0 fully saturated rings. The Morgan fingerprint density at radius 2 is 1.19 bits per heavy atom. The molecule has 0 atom stereocenters. The first kappa shape index (κ1) is 14.0. The topological polar surface area (TPSA) is 0 Å². The normalized spacial score (nSPS) is 11.4. The van der Waals surface area contributed by atoms with Gasteiger partial charge in [-0.25, -0.2) is 0 Å². The maximum atomic E-state index is 2.27. The van der Waals surface area contributed by atoms with Crippen molar-refractivity contribution in [1.29, 1.82) is 0 Å². The summed E-state index contributed by atoms with van der Waals surface area (Å²) in [7, 11) is 0. The second-order valence-electron chi connectivity index (χ2n) is 4.49. The van der Waals surface area contributed by atoms with E-state index in [1.54, 1.807) is 0 Å². The molecule has 0 saturated heterocycles. The third kappa shape index (κ3) is 5.31. The molecule has 0 heterocycles. The van der Waals surface area contributed by atoms with Crippen LogP contribution in [0.15, 0.2) is 24.3 Å². The summed E-state index contributed by atoms with van der Waals surface area (Å²) in [5, 5.41) is 1.43. The SMILES string of the molecule is CC(C)SCc1ccccc1CSC(C)C. The van der Waals surface area contributed by atoms with Gasteiger partial charge in [0.2, 0.25) is 0 Å². The maximum Gasteiger partial charge on any atom is 0.0190 e. The van der Waals surface area contributed by atoms with E-state index in [2.05, 4.69) is 52.0 Å². The first-order chi connectivity index (χ1) is 7.59. The third-order valence-corrected chi connectivity index (χ3v) is 4.55. The van der Waals surface area contributed by atoms with Crippen LogP contribution < -0.4 is 0 Å². The van der Waals surface area contributed by atoms with Crippen LogP contribution >= 0.6 is 23.5 Å². The first-order valence-corrected chi connectivity index (χ1v) is 7.99. The minimum atomic E-state index is 0.714. The molecule has 0 aromatic heterocycles. The van der Waals surface area contributed by atoms with E-state index in [9.17, 15) is 0 Å². The highest BCUT2D eigenvalue weighted by atomic mass is 32.2. The minimum absolute atomic E-state index is 0.714. The van der Waals surface area contributed by atoms with Crippen LogP contribution in [0.25, 0.3) is 0 Å². The fraction of sp³-hybridized carbons (Fsp3) is 0.571. The number of benzene rings is 1. The molecule has 0 spiro atoms. The van der Waals surface area contributed by atoms with Crippen molar-refractivity contribution in [3.05, 3.63) is 35.4 Å². The van der Waals surface area contributed by atoms with Crippen LogP contribution in [0.4, 0.5) is 0 Å². The Morgan fingerprint density at radius 3 is 1.50 bits per heavy atom. The molecule has 0 N–H and O–H groups in total. The van der Waals surface area contributed by atoms with E-state index in [0.717, 1.165) is 11.5 Å². The molecule has 90 valence electrons. The van der Waals surface area contributed by atoms with Crippen molar-refractivity contribution in [3.63, 3.8) is 0 Å². The van der Waals surface area contributed by atoms with Gasteiger partial charge in [-0.3, -0.25) is 0 Å². The standard InChI is InChI=1S/C14H22S2/c1-11(2)15-9-13-7-5-6-8-14(13)10-16-12(3)4/h5-8,11-12H,9-10H2,1-4H3.